The number of carbonyl (C=O) groups excluding carboxylic acids is 1. The third-order valence-corrected chi connectivity index (χ3v) is 5.14. The number of hydrogen-bond donors (Lipinski definition) is 1. The second kappa shape index (κ2) is 9.21. The molecule has 3 rings (SSSR count). The Hall–Kier alpha value is -2.38. The predicted octanol–water partition coefficient (Wildman–Crippen LogP) is 4.22. The van der Waals surface area contributed by atoms with Gasteiger partial charge in [0.15, 0.2) is 23.0 Å². The molecule has 1 aliphatic heterocycles. The minimum Gasteiger partial charge on any atom is -0.493 e. The van der Waals surface area contributed by atoms with Crippen molar-refractivity contribution in [1.29, 1.82) is 0 Å². The number of carbonyl (C=O) groups is 1. The van der Waals surface area contributed by atoms with E-state index in [-0.39, 0.29) is 12.7 Å². The lowest BCUT2D eigenvalue weighted by Gasteiger charge is -2.12. The fourth-order valence-electron chi connectivity index (χ4n) is 2.72. The van der Waals surface area contributed by atoms with Crippen LogP contribution in [0.1, 0.15) is 11.1 Å². The van der Waals surface area contributed by atoms with Crippen LogP contribution < -0.4 is 24.3 Å². The summed E-state index contributed by atoms with van der Waals surface area (Å²) in [6, 6.07) is 7.23. The summed E-state index contributed by atoms with van der Waals surface area (Å²) in [7, 11) is 3.17. The zero-order valence-corrected chi connectivity index (χ0v) is 17.7. The fourth-order valence-corrected chi connectivity index (χ4v) is 3.52. The number of nitrogens with one attached hydrogen (secondary N) is 1. The maximum Gasteiger partial charge on any atom is 0.244 e. The van der Waals surface area contributed by atoms with E-state index in [1.807, 2.05) is 12.1 Å². The van der Waals surface area contributed by atoms with Gasteiger partial charge >= 0.3 is 0 Å². The molecule has 0 aromatic heterocycles. The lowest BCUT2D eigenvalue weighted by molar-refractivity contribution is -0.116. The molecule has 0 unspecified atom stereocenters. The monoisotopic (exact) mass is 467 g/mol. The Morgan fingerprint density at radius 2 is 1.96 bits per heavy atom. The number of halogens is 2. The van der Waals surface area contributed by atoms with Crippen molar-refractivity contribution in [2.45, 2.75) is 6.42 Å². The second-order valence-corrected chi connectivity index (χ2v) is 7.17. The topological polar surface area (TPSA) is 66.0 Å². The van der Waals surface area contributed by atoms with Crippen molar-refractivity contribution in [3.05, 3.63) is 51.0 Å². The quantitative estimate of drug-likeness (QED) is 0.616. The van der Waals surface area contributed by atoms with Gasteiger partial charge in [-0.1, -0.05) is 27.5 Å². The third-order valence-electron chi connectivity index (χ3n) is 4.12. The molecule has 0 atom stereocenters. The van der Waals surface area contributed by atoms with Crippen LogP contribution in [0.4, 0.5) is 0 Å². The van der Waals surface area contributed by atoms with Gasteiger partial charge in [-0.2, -0.15) is 0 Å². The van der Waals surface area contributed by atoms with E-state index in [1.165, 1.54) is 6.08 Å². The van der Waals surface area contributed by atoms with Gasteiger partial charge in [0.05, 0.1) is 19.2 Å². The molecule has 0 radical (unpaired) electrons. The second-order valence-electron chi connectivity index (χ2n) is 5.91. The van der Waals surface area contributed by atoms with Crippen LogP contribution in [0.15, 0.2) is 34.8 Å². The zero-order valence-electron chi connectivity index (χ0n) is 15.4. The van der Waals surface area contributed by atoms with Crippen molar-refractivity contribution in [1.82, 2.24) is 5.32 Å². The van der Waals surface area contributed by atoms with Crippen molar-refractivity contribution in [3.8, 4) is 23.0 Å². The zero-order chi connectivity index (χ0) is 20.1. The molecule has 0 fully saturated rings. The maximum atomic E-state index is 12.1. The molecule has 148 valence electrons. The van der Waals surface area contributed by atoms with E-state index in [0.29, 0.717) is 41.0 Å². The smallest absolute Gasteiger partial charge is 0.244 e. The Morgan fingerprint density at radius 1 is 1.21 bits per heavy atom. The highest BCUT2D eigenvalue weighted by molar-refractivity contribution is 9.10. The lowest BCUT2D eigenvalue weighted by Crippen LogP contribution is -2.23. The molecule has 0 saturated carbocycles. The SMILES string of the molecule is COc1cc(Br)c(CCNC(=O)/C=C/c2cc(Cl)c3c(c2)OCO3)cc1OC. The van der Waals surface area contributed by atoms with E-state index in [2.05, 4.69) is 21.2 Å². The van der Waals surface area contributed by atoms with Crippen molar-refractivity contribution in [3.63, 3.8) is 0 Å². The third kappa shape index (κ3) is 4.72. The van der Waals surface area contributed by atoms with Gasteiger partial charge in [-0.05, 0) is 47.9 Å². The van der Waals surface area contributed by atoms with Gasteiger partial charge in [0.25, 0.3) is 0 Å². The Labute approximate surface area is 176 Å². The van der Waals surface area contributed by atoms with E-state index in [9.17, 15) is 4.79 Å². The number of fused-ring (bicyclic) bond motifs is 1. The van der Waals surface area contributed by atoms with E-state index in [1.54, 1.807) is 32.4 Å². The molecule has 0 saturated heterocycles. The highest BCUT2D eigenvalue weighted by atomic mass is 79.9. The van der Waals surface area contributed by atoms with Crippen LogP contribution in [-0.2, 0) is 11.2 Å². The summed E-state index contributed by atoms with van der Waals surface area (Å²) >= 11 is 9.65. The summed E-state index contributed by atoms with van der Waals surface area (Å²) < 4.78 is 22.1. The van der Waals surface area contributed by atoms with E-state index < -0.39 is 0 Å². The number of rotatable bonds is 7. The fraction of sp³-hybridized carbons (Fsp3) is 0.250. The molecular formula is C20H19BrClNO5. The summed E-state index contributed by atoms with van der Waals surface area (Å²) in [5, 5.41) is 3.31. The van der Waals surface area contributed by atoms with Gasteiger partial charge in [-0.3, -0.25) is 4.79 Å². The van der Waals surface area contributed by atoms with E-state index in [0.717, 1.165) is 15.6 Å². The first kappa shape index (κ1) is 20.4. The molecule has 0 aliphatic carbocycles. The minimum absolute atomic E-state index is 0.147. The molecule has 1 heterocycles. The molecule has 28 heavy (non-hydrogen) atoms. The van der Waals surface area contributed by atoms with Crippen LogP contribution >= 0.6 is 27.5 Å². The molecule has 8 heteroatoms. The Balaban J connectivity index is 1.57. The van der Waals surface area contributed by atoms with Crippen molar-refractivity contribution < 1.29 is 23.7 Å². The standard InChI is InChI=1S/C20H19BrClNO5/c1-25-16-9-13(14(21)10-17(16)26-2)5-6-23-19(24)4-3-12-7-15(22)20-18(8-12)27-11-28-20/h3-4,7-10H,5-6,11H2,1-2H3,(H,23,24)/b4-3+. The summed E-state index contributed by atoms with van der Waals surface area (Å²) in [4.78, 5) is 12.1. The van der Waals surface area contributed by atoms with Crippen LogP contribution in [0.25, 0.3) is 6.08 Å². The van der Waals surface area contributed by atoms with Crippen molar-refractivity contribution in [2.75, 3.05) is 27.6 Å². The number of hydrogen-bond acceptors (Lipinski definition) is 5. The molecule has 6 nitrogen and oxygen atoms in total. The summed E-state index contributed by atoms with van der Waals surface area (Å²) in [6.07, 6.45) is 3.77. The van der Waals surface area contributed by atoms with Gasteiger partial charge in [-0.15, -0.1) is 0 Å². The van der Waals surface area contributed by atoms with Crippen LogP contribution in [0, 0.1) is 0 Å². The summed E-state index contributed by atoms with van der Waals surface area (Å²) in [5.41, 5.74) is 1.76. The van der Waals surface area contributed by atoms with Crippen molar-refractivity contribution in [2.24, 2.45) is 0 Å². The normalized spacial score (nSPS) is 12.3. The summed E-state index contributed by atoms with van der Waals surface area (Å²) in [6.45, 7) is 0.619. The number of ether oxygens (including phenoxy) is 4. The maximum absolute atomic E-state index is 12.1. The number of benzene rings is 2. The van der Waals surface area contributed by atoms with Crippen LogP contribution in [-0.4, -0.2) is 33.5 Å². The predicted molar refractivity (Wildman–Crippen MR) is 111 cm³/mol. The van der Waals surface area contributed by atoms with Crippen molar-refractivity contribution >= 4 is 39.5 Å². The van der Waals surface area contributed by atoms with E-state index in [4.69, 9.17) is 30.5 Å². The van der Waals surface area contributed by atoms with Gasteiger partial charge in [-0.25, -0.2) is 0 Å². The Kier molecular flexibility index (Phi) is 6.70. The Morgan fingerprint density at radius 3 is 2.71 bits per heavy atom. The number of methoxy groups -OCH3 is 2. The van der Waals surface area contributed by atoms with Gasteiger partial charge in [0.2, 0.25) is 12.7 Å². The average molecular weight is 469 g/mol. The van der Waals surface area contributed by atoms with Gasteiger partial charge < -0.3 is 24.3 Å². The summed E-state index contributed by atoms with van der Waals surface area (Å²) in [5.74, 6) is 2.19. The first-order valence-corrected chi connectivity index (χ1v) is 9.64. The molecule has 1 amide bonds. The Bertz CT molecular complexity index is 916. The molecule has 1 aliphatic rings. The highest BCUT2D eigenvalue weighted by Gasteiger charge is 2.17. The largest absolute Gasteiger partial charge is 0.493 e. The van der Waals surface area contributed by atoms with Gasteiger partial charge in [0.1, 0.15) is 0 Å². The molecular weight excluding hydrogens is 450 g/mol. The van der Waals surface area contributed by atoms with Gasteiger partial charge in [0, 0.05) is 17.1 Å². The van der Waals surface area contributed by atoms with Crippen LogP contribution in [0.5, 0.6) is 23.0 Å². The minimum atomic E-state index is -0.203. The lowest BCUT2D eigenvalue weighted by atomic mass is 10.1. The number of amides is 1. The molecule has 0 spiro atoms. The molecule has 0 bridgehead atoms. The first-order valence-electron chi connectivity index (χ1n) is 8.47. The average Bonchev–Trinajstić information content (AvgIpc) is 3.16. The van der Waals surface area contributed by atoms with Crippen LogP contribution in [0.2, 0.25) is 5.02 Å². The molecule has 2 aromatic carbocycles. The first-order chi connectivity index (χ1) is 13.5. The molecule has 1 N–H and O–H groups in total. The van der Waals surface area contributed by atoms with E-state index >= 15 is 0 Å². The van der Waals surface area contributed by atoms with Crippen LogP contribution in [0.3, 0.4) is 0 Å². The molecule has 2 aromatic rings. The highest BCUT2D eigenvalue weighted by Crippen LogP contribution is 2.40.